The number of aromatic nitrogens is 1. The quantitative estimate of drug-likeness (QED) is 0.520. The maximum Gasteiger partial charge on any atom is 0.276 e. The van der Waals surface area contributed by atoms with Crippen LogP contribution in [0.5, 0.6) is 5.75 Å². The highest BCUT2D eigenvalue weighted by Gasteiger charge is 2.50. The number of rotatable bonds is 6. The van der Waals surface area contributed by atoms with Gasteiger partial charge in [0.25, 0.3) is 11.8 Å². The molecule has 3 aromatic rings. The van der Waals surface area contributed by atoms with Gasteiger partial charge in [-0.15, -0.1) is 0 Å². The van der Waals surface area contributed by atoms with Crippen LogP contribution in [0.1, 0.15) is 63.5 Å². The molecule has 0 aliphatic carbocycles. The van der Waals surface area contributed by atoms with Crippen LogP contribution in [-0.4, -0.2) is 40.2 Å². The third-order valence-corrected chi connectivity index (χ3v) is 7.72. The summed E-state index contributed by atoms with van der Waals surface area (Å²) in [4.78, 5) is 42.9. The number of carbonyl (C=O) groups is 2. The van der Waals surface area contributed by atoms with Crippen LogP contribution >= 0.6 is 0 Å². The van der Waals surface area contributed by atoms with Crippen molar-refractivity contribution >= 4 is 11.8 Å². The van der Waals surface area contributed by atoms with E-state index >= 15 is 0 Å². The van der Waals surface area contributed by atoms with E-state index in [1.165, 1.54) is 6.07 Å². The van der Waals surface area contributed by atoms with Crippen molar-refractivity contribution in [3.05, 3.63) is 98.5 Å². The fraction of sp³-hybridized carbons (Fsp3) is 0.345. The standard InChI is InChI=1S/C29H27F2N3O5/c1-16-11-12-38-29-22-10-9-21-23(27(36)32-14-18-7-8-19(30)13-20(18)31)25(35)26(24(34(21)22)28(37)33(16)29)39-15-17-5-3-2-4-6-17/h2-8,13,16,22,29H,9-12,14-15H2,1H3,(H,32,36). The van der Waals surface area contributed by atoms with Crippen LogP contribution in [0.15, 0.2) is 53.3 Å². The molecule has 2 amide bonds. The van der Waals surface area contributed by atoms with Crippen molar-refractivity contribution < 1.29 is 27.8 Å². The van der Waals surface area contributed by atoms with Gasteiger partial charge in [0.05, 0.1) is 12.6 Å². The summed E-state index contributed by atoms with van der Waals surface area (Å²) in [6.45, 7) is 2.24. The number of amides is 2. The average molecular weight is 536 g/mol. The Morgan fingerprint density at radius 2 is 1.92 bits per heavy atom. The summed E-state index contributed by atoms with van der Waals surface area (Å²) in [5.41, 5.74) is 0.592. The van der Waals surface area contributed by atoms with E-state index in [1.807, 2.05) is 37.3 Å². The molecule has 3 aliphatic rings. The maximum absolute atomic E-state index is 14.2. The predicted molar refractivity (Wildman–Crippen MR) is 136 cm³/mol. The summed E-state index contributed by atoms with van der Waals surface area (Å²) in [6.07, 6.45) is 1.12. The number of halogens is 2. The van der Waals surface area contributed by atoms with Crippen LogP contribution in [0.2, 0.25) is 0 Å². The Hall–Kier alpha value is -4.05. The average Bonchev–Trinajstić information content (AvgIpc) is 3.35. The van der Waals surface area contributed by atoms with Crippen molar-refractivity contribution in [3.63, 3.8) is 0 Å². The molecule has 0 radical (unpaired) electrons. The molecule has 202 valence electrons. The van der Waals surface area contributed by atoms with Crippen LogP contribution in [0, 0.1) is 11.6 Å². The van der Waals surface area contributed by atoms with E-state index in [0.717, 1.165) is 17.7 Å². The summed E-state index contributed by atoms with van der Waals surface area (Å²) < 4.78 is 41.3. The molecule has 2 aromatic carbocycles. The number of hydrogen-bond acceptors (Lipinski definition) is 5. The highest BCUT2D eigenvalue weighted by atomic mass is 19.1. The minimum Gasteiger partial charge on any atom is -0.483 e. The highest BCUT2D eigenvalue weighted by Crippen LogP contribution is 2.43. The van der Waals surface area contributed by atoms with E-state index in [4.69, 9.17) is 9.47 Å². The second-order valence-corrected chi connectivity index (χ2v) is 10.1. The number of carbonyl (C=O) groups excluding carboxylic acids is 2. The number of nitrogens with one attached hydrogen (secondary N) is 1. The Labute approximate surface area is 223 Å². The first-order chi connectivity index (χ1) is 18.8. The van der Waals surface area contributed by atoms with Gasteiger partial charge in [-0.25, -0.2) is 8.78 Å². The molecule has 1 saturated heterocycles. The number of ether oxygens (including phenoxy) is 2. The molecule has 10 heteroatoms. The van der Waals surface area contributed by atoms with Crippen molar-refractivity contribution in [2.24, 2.45) is 0 Å². The topological polar surface area (TPSA) is 89.9 Å². The fourth-order valence-corrected chi connectivity index (χ4v) is 5.80. The molecule has 8 nitrogen and oxygen atoms in total. The number of pyridine rings is 1. The van der Waals surface area contributed by atoms with E-state index in [0.29, 0.717) is 31.6 Å². The molecule has 39 heavy (non-hydrogen) atoms. The molecule has 3 unspecified atom stereocenters. The number of fused-ring (bicyclic) bond motifs is 2. The first-order valence-electron chi connectivity index (χ1n) is 13.0. The van der Waals surface area contributed by atoms with Gasteiger partial charge >= 0.3 is 0 Å². The fourth-order valence-electron chi connectivity index (χ4n) is 5.80. The molecular formula is C29H27F2N3O5. The summed E-state index contributed by atoms with van der Waals surface area (Å²) in [7, 11) is 0. The largest absolute Gasteiger partial charge is 0.483 e. The lowest BCUT2D eigenvalue weighted by atomic mass is 10.0. The molecule has 1 aromatic heterocycles. The third kappa shape index (κ3) is 4.28. The number of nitrogens with zero attached hydrogens (tertiary/aromatic N) is 2. The lowest BCUT2D eigenvalue weighted by Crippen LogP contribution is -2.58. The Kier molecular flexibility index (Phi) is 6.42. The van der Waals surface area contributed by atoms with Gasteiger partial charge in [0.15, 0.2) is 17.7 Å². The first-order valence-corrected chi connectivity index (χ1v) is 13.0. The van der Waals surface area contributed by atoms with Gasteiger partial charge in [0.1, 0.15) is 23.8 Å². The van der Waals surface area contributed by atoms with Gasteiger partial charge in [0.2, 0.25) is 5.43 Å². The molecule has 0 spiro atoms. The van der Waals surface area contributed by atoms with Crippen molar-refractivity contribution in [3.8, 4) is 5.75 Å². The van der Waals surface area contributed by atoms with Gasteiger partial charge in [-0.1, -0.05) is 36.4 Å². The second kappa shape index (κ2) is 9.92. The van der Waals surface area contributed by atoms with E-state index < -0.39 is 29.2 Å². The first kappa shape index (κ1) is 25.2. The smallest absolute Gasteiger partial charge is 0.276 e. The normalized spacial score (nSPS) is 21.4. The minimum atomic E-state index is -0.803. The molecular weight excluding hydrogens is 508 g/mol. The molecule has 3 aliphatic heterocycles. The van der Waals surface area contributed by atoms with Gasteiger partial charge in [0, 0.05) is 29.9 Å². The zero-order valence-electron chi connectivity index (χ0n) is 21.3. The lowest BCUT2D eigenvalue weighted by Gasteiger charge is -2.47. The number of hydrogen-bond donors (Lipinski definition) is 1. The Bertz CT molecular complexity index is 1520. The zero-order valence-corrected chi connectivity index (χ0v) is 21.3. The van der Waals surface area contributed by atoms with Crippen molar-refractivity contribution in [2.45, 2.75) is 57.6 Å². The van der Waals surface area contributed by atoms with Crippen molar-refractivity contribution in [1.29, 1.82) is 0 Å². The van der Waals surface area contributed by atoms with E-state index in [2.05, 4.69) is 5.32 Å². The lowest BCUT2D eigenvalue weighted by molar-refractivity contribution is -0.128. The molecule has 1 N–H and O–H groups in total. The second-order valence-electron chi connectivity index (χ2n) is 10.1. The summed E-state index contributed by atoms with van der Waals surface area (Å²) in [5.74, 6) is -2.80. The molecule has 3 atom stereocenters. The molecule has 0 bridgehead atoms. The molecule has 1 fully saturated rings. The van der Waals surface area contributed by atoms with E-state index in [9.17, 15) is 23.2 Å². The van der Waals surface area contributed by atoms with Gasteiger partial charge < -0.3 is 24.3 Å². The Morgan fingerprint density at radius 3 is 2.69 bits per heavy atom. The Balaban J connectivity index is 1.43. The summed E-state index contributed by atoms with van der Waals surface area (Å²) in [5, 5.41) is 2.60. The summed E-state index contributed by atoms with van der Waals surface area (Å²) >= 11 is 0. The monoisotopic (exact) mass is 535 g/mol. The zero-order chi connectivity index (χ0) is 27.3. The van der Waals surface area contributed by atoms with Gasteiger partial charge in [-0.05, 0) is 37.8 Å². The Morgan fingerprint density at radius 1 is 1.13 bits per heavy atom. The van der Waals surface area contributed by atoms with E-state index in [1.54, 1.807) is 9.47 Å². The number of benzene rings is 2. The summed E-state index contributed by atoms with van der Waals surface area (Å²) in [6, 6.07) is 11.9. The predicted octanol–water partition coefficient (Wildman–Crippen LogP) is 3.71. The third-order valence-electron chi connectivity index (χ3n) is 7.72. The SMILES string of the molecule is CC1CCOC2C3CCc4c(C(=O)NCc5ccc(F)cc5F)c(=O)c(OCc5ccccc5)c(n43)C(=O)N12. The van der Waals surface area contributed by atoms with Gasteiger partial charge in [-0.2, -0.15) is 0 Å². The van der Waals surface area contributed by atoms with Crippen LogP contribution in [-0.2, 0) is 24.3 Å². The highest BCUT2D eigenvalue weighted by molar-refractivity contribution is 6.00. The van der Waals surface area contributed by atoms with E-state index in [-0.39, 0.29) is 53.7 Å². The van der Waals surface area contributed by atoms with Gasteiger partial charge in [-0.3, -0.25) is 14.4 Å². The van der Waals surface area contributed by atoms with Crippen LogP contribution in [0.3, 0.4) is 0 Å². The molecule has 0 saturated carbocycles. The van der Waals surface area contributed by atoms with Crippen LogP contribution in [0.4, 0.5) is 8.78 Å². The van der Waals surface area contributed by atoms with Crippen molar-refractivity contribution in [1.82, 2.24) is 14.8 Å². The molecule has 4 heterocycles. The van der Waals surface area contributed by atoms with Crippen molar-refractivity contribution in [2.75, 3.05) is 6.61 Å². The van der Waals surface area contributed by atoms with Crippen LogP contribution in [0.25, 0.3) is 0 Å². The maximum atomic E-state index is 14.2. The van der Waals surface area contributed by atoms with Crippen LogP contribution < -0.4 is 15.5 Å². The minimum absolute atomic E-state index is 0.0255. The molecule has 6 rings (SSSR count).